The fourth-order valence-corrected chi connectivity index (χ4v) is 3.47. The molecule has 1 aliphatic heterocycles. The lowest BCUT2D eigenvalue weighted by atomic mass is 10.0. The highest BCUT2D eigenvalue weighted by molar-refractivity contribution is 6.30. The van der Waals surface area contributed by atoms with Crippen LogP contribution in [0.5, 0.6) is 0 Å². The van der Waals surface area contributed by atoms with E-state index in [9.17, 15) is 14.4 Å². The molecule has 8 nitrogen and oxygen atoms in total. The van der Waals surface area contributed by atoms with Crippen LogP contribution in [-0.2, 0) is 24.3 Å². The van der Waals surface area contributed by atoms with Crippen LogP contribution >= 0.6 is 11.6 Å². The minimum Gasteiger partial charge on any atom is -0.338 e. The van der Waals surface area contributed by atoms with Crippen LogP contribution in [0.4, 0.5) is 0 Å². The second kappa shape index (κ2) is 7.47. The van der Waals surface area contributed by atoms with Gasteiger partial charge in [-0.05, 0) is 12.1 Å². The zero-order chi connectivity index (χ0) is 19.7. The Balaban J connectivity index is 1.48. The number of nitrogens with zero attached hydrogens (tertiary/aromatic N) is 3. The van der Waals surface area contributed by atoms with Crippen molar-refractivity contribution in [3.63, 3.8) is 0 Å². The number of rotatable bonds is 4. The third-order valence-electron chi connectivity index (χ3n) is 4.87. The maximum atomic E-state index is 12.7. The molecule has 1 amide bonds. The van der Waals surface area contributed by atoms with Crippen molar-refractivity contribution in [2.24, 2.45) is 0 Å². The maximum Gasteiger partial charge on any atom is 0.328 e. The van der Waals surface area contributed by atoms with E-state index in [2.05, 4.69) is 15.2 Å². The number of aromatic nitrogens is 4. The van der Waals surface area contributed by atoms with Gasteiger partial charge in [0.05, 0.1) is 5.69 Å². The number of aryl methyl sites for hydroxylation is 1. The van der Waals surface area contributed by atoms with Gasteiger partial charge in [-0.2, -0.15) is 5.10 Å². The van der Waals surface area contributed by atoms with Crippen LogP contribution in [0.3, 0.4) is 0 Å². The summed E-state index contributed by atoms with van der Waals surface area (Å²) < 4.78 is 1.33. The lowest BCUT2D eigenvalue weighted by Crippen LogP contribution is -2.37. The Kier molecular flexibility index (Phi) is 4.87. The number of H-pyrrole nitrogens is 2. The van der Waals surface area contributed by atoms with E-state index in [1.165, 1.54) is 16.8 Å². The maximum absolute atomic E-state index is 12.7. The lowest BCUT2D eigenvalue weighted by Gasteiger charge is -2.27. The second-order valence-corrected chi connectivity index (χ2v) is 7.09. The number of carbonyl (C=O) groups is 1. The smallest absolute Gasteiger partial charge is 0.328 e. The molecule has 1 aliphatic rings. The first-order chi connectivity index (χ1) is 13.5. The molecule has 4 rings (SSSR count). The van der Waals surface area contributed by atoms with E-state index >= 15 is 0 Å². The molecule has 0 radical (unpaired) electrons. The minimum atomic E-state index is -0.513. The van der Waals surface area contributed by atoms with Crippen molar-refractivity contribution in [2.45, 2.75) is 25.9 Å². The molecule has 144 valence electrons. The largest absolute Gasteiger partial charge is 0.338 e. The van der Waals surface area contributed by atoms with Crippen LogP contribution in [0.25, 0.3) is 11.3 Å². The zero-order valence-electron chi connectivity index (χ0n) is 14.9. The van der Waals surface area contributed by atoms with Crippen LogP contribution in [0.2, 0.25) is 5.02 Å². The number of halogens is 1. The van der Waals surface area contributed by atoms with E-state index in [1.807, 2.05) is 24.3 Å². The molecule has 0 atom stereocenters. The fourth-order valence-electron chi connectivity index (χ4n) is 3.35. The molecule has 3 aromatic rings. The molecule has 3 heterocycles. The molecule has 9 heteroatoms. The van der Waals surface area contributed by atoms with Gasteiger partial charge in [0.2, 0.25) is 5.91 Å². The average Bonchev–Trinajstić information content (AvgIpc) is 3.11. The number of aromatic amines is 2. The van der Waals surface area contributed by atoms with E-state index in [0.717, 1.165) is 22.5 Å². The molecular weight excluding hydrogens is 382 g/mol. The van der Waals surface area contributed by atoms with Crippen molar-refractivity contribution in [3.8, 4) is 11.3 Å². The van der Waals surface area contributed by atoms with Gasteiger partial charge >= 0.3 is 5.69 Å². The molecule has 1 aromatic carbocycles. The third kappa shape index (κ3) is 3.63. The van der Waals surface area contributed by atoms with Gasteiger partial charge in [0.1, 0.15) is 0 Å². The highest BCUT2D eigenvalue weighted by Crippen LogP contribution is 2.29. The van der Waals surface area contributed by atoms with Crippen molar-refractivity contribution in [1.82, 2.24) is 24.6 Å². The summed E-state index contributed by atoms with van der Waals surface area (Å²) in [6.45, 7) is 1.27. The Morgan fingerprint density at radius 1 is 1.18 bits per heavy atom. The summed E-state index contributed by atoms with van der Waals surface area (Å²) in [5.74, 6) is -0.0491. The Hall–Kier alpha value is -3.13. The van der Waals surface area contributed by atoms with E-state index in [-0.39, 0.29) is 18.9 Å². The summed E-state index contributed by atoms with van der Waals surface area (Å²) in [4.78, 5) is 39.5. The van der Waals surface area contributed by atoms with Gasteiger partial charge in [-0.3, -0.25) is 19.7 Å². The summed E-state index contributed by atoms with van der Waals surface area (Å²) in [6, 6.07) is 8.70. The number of carbonyl (C=O) groups excluding carboxylic acids is 1. The topological polar surface area (TPSA) is 104 Å². The summed E-state index contributed by atoms with van der Waals surface area (Å²) in [5.41, 5.74) is 2.83. The molecule has 28 heavy (non-hydrogen) atoms. The van der Waals surface area contributed by atoms with Crippen LogP contribution in [-0.4, -0.2) is 37.1 Å². The van der Waals surface area contributed by atoms with E-state index in [1.54, 1.807) is 4.90 Å². The minimum absolute atomic E-state index is 0.0491. The number of amides is 1. The fraction of sp³-hybridized carbons (Fsp3) is 0.263. The molecule has 0 fully saturated rings. The molecule has 0 unspecified atom stereocenters. The number of nitrogens with one attached hydrogen (secondary N) is 2. The van der Waals surface area contributed by atoms with Gasteiger partial charge in [-0.1, -0.05) is 23.7 Å². The standard InChI is InChI=1S/C19H18ClN5O3/c20-13-3-1-12(2-4-13)18-14-11-25(8-5-15(14)22-23-18)17(27)7-10-24-9-6-16(26)21-19(24)28/h1-4,6,9H,5,7-8,10-11H2,(H,22,23)(H,21,26,28). The summed E-state index contributed by atoms with van der Waals surface area (Å²) in [5, 5.41) is 8.14. The van der Waals surface area contributed by atoms with Gasteiger partial charge in [0.15, 0.2) is 0 Å². The van der Waals surface area contributed by atoms with Crippen LogP contribution in [0.15, 0.2) is 46.1 Å². The summed E-state index contributed by atoms with van der Waals surface area (Å²) in [6.07, 6.45) is 2.27. The predicted octanol–water partition coefficient (Wildman–Crippen LogP) is 1.56. The Bertz CT molecular complexity index is 1130. The van der Waals surface area contributed by atoms with E-state index in [4.69, 9.17) is 11.6 Å². The summed E-state index contributed by atoms with van der Waals surface area (Å²) >= 11 is 5.96. The summed E-state index contributed by atoms with van der Waals surface area (Å²) in [7, 11) is 0. The molecule has 2 N–H and O–H groups in total. The Morgan fingerprint density at radius 3 is 2.71 bits per heavy atom. The first-order valence-electron chi connectivity index (χ1n) is 8.91. The highest BCUT2D eigenvalue weighted by atomic mass is 35.5. The lowest BCUT2D eigenvalue weighted by molar-refractivity contribution is -0.132. The van der Waals surface area contributed by atoms with Crippen molar-refractivity contribution >= 4 is 17.5 Å². The number of hydrogen-bond donors (Lipinski definition) is 2. The van der Waals surface area contributed by atoms with Crippen LogP contribution < -0.4 is 11.2 Å². The van der Waals surface area contributed by atoms with Gasteiger partial charge in [0.25, 0.3) is 5.56 Å². The molecule has 2 aromatic heterocycles. The zero-order valence-corrected chi connectivity index (χ0v) is 15.7. The Labute approximate surface area is 164 Å². The average molecular weight is 400 g/mol. The van der Waals surface area contributed by atoms with Crippen molar-refractivity contribution in [2.75, 3.05) is 6.54 Å². The number of hydrogen-bond acceptors (Lipinski definition) is 4. The monoisotopic (exact) mass is 399 g/mol. The van der Waals surface area contributed by atoms with Gasteiger partial charge in [-0.25, -0.2) is 4.79 Å². The van der Waals surface area contributed by atoms with Gasteiger partial charge in [-0.15, -0.1) is 0 Å². The molecular formula is C19H18ClN5O3. The van der Waals surface area contributed by atoms with Crippen LogP contribution in [0.1, 0.15) is 17.7 Å². The van der Waals surface area contributed by atoms with E-state index in [0.29, 0.717) is 24.5 Å². The van der Waals surface area contributed by atoms with Gasteiger partial charge < -0.3 is 9.47 Å². The van der Waals surface area contributed by atoms with Crippen molar-refractivity contribution in [1.29, 1.82) is 0 Å². The third-order valence-corrected chi connectivity index (χ3v) is 5.12. The first kappa shape index (κ1) is 18.2. The number of benzene rings is 1. The predicted molar refractivity (Wildman–Crippen MR) is 104 cm³/mol. The first-order valence-corrected chi connectivity index (χ1v) is 9.28. The highest BCUT2D eigenvalue weighted by Gasteiger charge is 2.25. The second-order valence-electron chi connectivity index (χ2n) is 6.66. The molecule has 0 aliphatic carbocycles. The SMILES string of the molecule is O=C(CCn1ccc(=O)[nH]c1=O)N1CCc2[nH]nc(-c3ccc(Cl)cc3)c2C1. The Morgan fingerprint density at radius 2 is 1.96 bits per heavy atom. The molecule has 0 saturated carbocycles. The van der Waals surface area contributed by atoms with Crippen molar-refractivity contribution in [3.05, 3.63) is 73.6 Å². The van der Waals surface area contributed by atoms with E-state index < -0.39 is 11.2 Å². The molecule has 0 bridgehead atoms. The van der Waals surface area contributed by atoms with Crippen LogP contribution in [0, 0.1) is 0 Å². The quantitative estimate of drug-likeness (QED) is 0.694. The normalized spacial score (nSPS) is 13.4. The number of fused-ring (bicyclic) bond motifs is 1. The molecule has 0 saturated heterocycles. The van der Waals surface area contributed by atoms with Gasteiger partial charge in [0, 0.05) is 66.6 Å². The molecule has 0 spiro atoms. The van der Waals surface area contributed by atoms with Crippen molar-refractivity contribution < 1.29 is 4.79 Å².